The number of nitrogens with zero attached hydrogens (tertiary/aromatic N) is 3. The summed E-state index contributed by atoms with van der Waals surface area (Å²) in [5.41, 5.74) is 4.46. The average molecular weight is 515 g/mol. The third-order valence-corrected chi connectivity index (χ3v) is 6.84. The lowest BCUT2D eigenvalue weighted by Crippen LogP contribution is -2.51. The molecule has 1 aliphatic heterocycles. The monoisotopic (exact) mass is 514 g/mol. The van der Waals surface area contributed by atoms with Crippen molar-refractivity contribution in [2.75, 3.05) is 31.1 Å². The van der Waals surface area contributed by atoms with Crippen LogP contribution in [0.15, 0.2) is 54.7 Å². The van der Waals surface area contributed by atoms with Gasteiger partial charge in [-0.3, -0.25) is 4.98 Å². The Labute approximate surface area is 219 Å². The lowest BCUT2D eigenvalue weighted by atomic mass is 9.92. The first kappa shape index (κ1) is 25.6. The molecule has 194 valence electrons. The van der Waals surface area contributed by atoms with Gasteiger partial charge in [-0.05, 0) is 66.9 Å². The number of aromatic nitrogens is 1. The van der Waals surface area contributed by atoms with Gasteiger partial charge >= 0.3 is 0 Å². The molecular formula is C30H28F2N4O2. The van der Waals surface area contributed by atoms with Crippen LogP contribution in [0.1, 0.15) is 18.1 Å². The molecule has 0 amide bonds. The van der Waals surface area contributed by atoms with Crippen molar-refractivity contribution in [2.24, 2.45) is 5.92 Å². The Balaban J connectivity index is 1.63. The number of phenols is 1. The van der Waals surface area contributed by atoms with E-state index in [1.54, 1.807) is 25.3 Å². The van der Waals surface area contributed by atoms with Gasteiger partial charge in [-0.15, -0.1) is 0 Å². The number of halogens is 2. The molecule has 1 aromatic heterocycles. The maximum absolute atomic E-state index is 14.4. The molecule has 5 rings (SSSR count). The smallest absolute Gasteiger partial charge is 0.141 e. The molecule has 6 nitrogen and oxygen atoms in total. The Morgan fingerprint density at radius 1 is 1.08 bits per heavy atom. The van der Waals surface area contributed by atoms with E-state index >= 15 is 0 Å². The van der Waals surface area contributed by atoms with E-state index in [0.717, 1.165) is 47.9 Å². The van der Waals surface area contributed by atoms with E-state index in [0.29, 0.717) is 29.1 Å². The standard InChI is InChI=1S/C30H28F2N4O2/c1-17-5-21(7-23(31)6-17)27-14-35-28-4-3-20(25-10-24(32)8-22(11-33)30(25)38)9-26(28)29(27)36-15-19(16-36)13-34-12-18(2)37/h3-10,14,18-19,34,37-38H,12-13,15-16H2,1-2H3. The van der Waals surface area contributed by atoms with E-state index < -0.39 is 11.9 Å². The topological polar surface area (TPSA) is 92.4 Å². The molecule has 4 aromatic rings. The molecule has 0 spiro atoms. The maximum atomic E-state index is 14.4. The predicted molar refractivity (Wildman–Crippen MR) is 144 cm³/mol. The Morgan fingerprint density at radius 3 is 2.55 bits per heavy atom. The minimum Gasteiger partial charge on any atom is -0.506 e. The van der Waals surface area contributed by atoms with Crippen LogP contribution in [0.2, 0.25) is 0 Å². The largest absolute Gasteiger partial charge is 0.506 e. The van der Waals surface area contributed by atoms with Gasteiger partial charge in [-0.2, -0.15) is 5.26 Å². The molecule has 1 unspecified atom stereocenters. The van der Waals surface area contributed by atoms with Crippen LogP contribution in [0.4, 0.5) is 14.5 Å². The van der Waals surface area contributed by atoms with Crippen LogP contribution in [-0.2, 0) is 0 Å². The molecule has 2 heterocycles. The molecule has 1 fully saturated rings. The summed E-state index contributed by atoms with van der Waals surface area (Å²) in [6.45, 7) is 6.37. The maximum Gasteiger partial charge on any atom is 0.141 e. The van der Waals surface area contributed by atoms with Crippen molar-refractivity contribution in [3.05, 3.63) is 77.5 Å². The minimum absolute atomic E-state index is 0.141. The summed E-state index contributed by atoms with van der Waals surface area (Å²) in [5.74, 6) is -0.870. The highest BCUT2D eigenvalue weighted by molar-refractivity contribution is 6.02. The summed E-state index contributed by atoms with van der Waals surface area (Å²) in [4.78, 5) is 6.85. The first-order chi connectivity index (χ1) is 18.2. The number of pyridine rings is 1. The van der Waals surface area contributed by atoms with Crippen LogP contribution < -0.4 is 10.2 Å². The summed E-state index contributed by atoms with van der Waals surface area (Å²) in [7, 11) is 0. The number of aliphatic hydroxyl groups excluding tert-OH is 1. The predicted octanol–water partition coefficient (Wildman–Crippen LogP) is 5.14. The summed E-state index contributed by atoms with van der Waals surface area (Å²) in [6.07, 6.45) is 1.33. The van der Waals surface area contributed by atoms with Crippen molar-refractivity contribution < 1.29 is 19.0 Å². The number of nitrogens with one attached hydrogen (secondary N) is 1. The normalized spacial score (nSPS) is 14.4. The summed E-state index contributed by atoms with van der Waals surface area (Å²) in [5, 5.41) is 33.6. The van der Waals surface area contributed by atoms with Crippen LogP contribution in [-0.4, -0.2) is 47.5 Å². The number of nitriles is 1. The fourth-order valence-corrected chi connectivity index (χ4v) is 5.07. The number of anilines is 1. The minimum atomic E-state index is -0.618. The number of hydrogen-bond acceptors (Lipinski definition) is 6. The number of fused-ring (bicyclic) bond motifs is 1. The molecule has 0 radical (unpaired) electrons. The zero-order valence-electron chi connectivity index (χ0n) is 21.2. The molecule has 1 aliphatic rings. The van der Waals surface area contributed by atoms with E-state index in [1.807, 2.05) is 25.1 Å². The van der Waals surface area contributed by atoms with Gasteiger partial charge in [0.05, 0.1) is 22.9 Å². The van der Waals surface area contributed by atoms with E-state index in [4.69, 9.17) is 0 Å². The van der Waals surface area contributed by atoms with Crippen LogP contribution in [0.5, 0.6) is 5.75 Å². The molecule has 8 heteroatoms. The first-order valence-corrected chi connectivity index (χ1v) is 12.5. The van der Waals surface area contributed by atoms with Gasteiger partial charge in [0.1, 0.15) is 23.5 Å². The number of hydrogen-bond donors (Lipinski definition) is 3. The van der Waals surface area contributed by atoms with Gasteiger partial charge in [0.25, 0.3) is 0 Å². The third-order valence-electron chi connectivity index (χ3n) is 6.84. The number of aliphatic hydroxyl groups is 1. The Kier molecular flexibility index (Phi) is 6.98. The molecule has 38 heavy (non-hydrogen) atoms. The molecule has 0 aliphatic carbocycles. The lowest BCUT2D eigenvalue weighted by molar-refractivity contribution is 0.187. The van der Waals surface area contributed by atoms with Gasteiger partial charge in [0, 0.05) is 54.8 Å². The van der Waals surface area contributed by atoms with Crippen molar-refractivity contribution in [2.45, 2.75) is 20.0 Å². The van der Waals surface area contributed by atoms with E-state index in [-0.39, 0.29) is 22.7 Å². The molecule has 3 N–H and O–H groups in total. The van der Waals surface area contributed by atoms with Crippen molar-refractivity contribution in [1.82, 2.24) is 10.3 Å². The highest BCUT2D eigenvalue weighted by atomic mass is 19.1. The molecule has 1 saturated heterocycles. The molecular weight excluding hydrogens is 486 g/mol. The number of aromatic hydroxyl groups is 1. The average Bonchev–Trinajstić information content (AvgIpc) is 2.85. The number of rotatable bonds is 7. The van der Waals surface area contributed by atoms with Crippen molar-refractivity contribution in [3.8, 4) is 34.1 Å². The van der Waals surface area contributed by atoms with Crippen LogP contribution >= 0.6 is 0 Å². The second-order valence-electron chi connectivity index (χ2n) is 10.0. The zero-order valence-corrected chi connectivity index (χ0v) is 21.2. The first-order valence-electron chi connectivity index (χ1n) is 12.5. The SMILES string of the molecule is Cc1cc(F)cc(-c2cnc3ccc(-c4cc(F)cc(C#N)c4O)cc3c2N2CC(CNCC(C)O)C2)c1. The second kappa shape index (κ2) is 10.4. The molecule has 0 saturated carbocycles. The molecule has 1 atom stereocenters. The Morgan fingerprint density at radius 2 is 1.84 bits per heavy atom. The fourth-order valence-electron chi connectivity index (χ4n) is 5.07. The van der Waals surface area contributed by atoms with Crippen molar-refractivity contribution >= 4 is 16.6 Å². The van der Waals surface area contributed by atoms with Crippen LogP contribution in [0.25, 0.3) is 33.2 Å². The van der Waals surface area contributed by atoms with Gasteiger partial charge in [-0.1, -0.05) is 12.1 Å². The van der Waals surface area contributed by atoms with Crippen LogP contribution in [0, 0.1) is 35.8 Å². The van der Waals surface area contributed by atoms with Crippen molar-refractivity contribution in [1.29, 1.82) is 5.26 Å². The van der Waals surface area contributed by atoms with Gasteiger partial charge in [-0.25, -0.2) is 8.78 Å². The van der Waals surface area contributed by atoms with Gasteiger partial charge in [0.15, 0.2) is 0 Å². The number of aryl methyl sites for hydroxylation is 1. The second-order valence-corrected chi connectivity index (χ2v) is 10.0. The number of benzene rings is 3. The quantitative estimate of drug-likeness (QED) is 0.316. The number of phenolic OH excluding ortho intramolecular Hbond substituents is 1. The van der Waals surface area contributed by atoms with E-state index in [2.05, 4.69) is 15.2 Å². The Bertz CT molecular complexity index is 1540. The fraction of sp³-hybridized carbons (Fsp3) is 0.267. The van der Waals surface area contributed by atoms with Crippen LogP contribution in [0.3, 0.4) is 0 Å². The van der Waals surface area contributed by atoms with Crippen molar-refractivity contribution in [3.63, 3.8) is 0 Å². The van der Waals surface area contributed by atoms with E-state index in [1.165, 1.54) is 18.2 Å². The highest BCUT2D eigenvalue weighted by Gasteiger charge is 2.30. The lowest BCUT2D eigenvalue weighted by Gasteiger charge is -2.43. The van der Waals surface area contributed by atoms with Gasteiger partial charge < -0.3 is 20.4 Å². The summed E-state index contributed by atoms with van der Waals surface area (Å²) >= 11 is 0. The highest BCUT2D eigenvalue weighted by Crippen LogP contribution is 2.42. The molecule has 0 bridgehead atoms. The van der Waals surface area contributed by atoms with Gasteiger partial charge in [0.2, 0.25) is 0 Å². The zero-order chi connectivity index (χ0) is 27.0. The third kappa shape index (κ3) is 5.03. The Hall–Kier alpha value is -4.06. The summed E-state index contributed by atoms with van der Waals surface area (Å²) in [6, 6.07) is 14.3. The summed E-state index contributed by atoms with van der Waals surface area (Å²) < 4.78 is 28.7. The molecule has 3 aromatic carbocycles. The van der Waals surface area contributed by atoms with E-state index in [9.17, 15) is 24.3 Å².